The van der Waals surface area contributed by atoms with Crippen LogP contribution in [-0.2, 0) is 0 Å². The van der Waals surface area contributed by atoms with Gasteiger partial charge in [0, 0.05) is 26.2 Å². The molecule has 0 aliphatic heterocycles. The number of aromatic hydroxyl groups is 6. The third-order valence-corrected chi connectivity index (χ3v) is 5.83. The van der Waals surface area contributed by atoms with Crippen LogP contribution in [0.25, 0.3) is 0 Å². The van der Waals surface area contributed by atoms with E-state index in [1.165, 1.54) is 59.5 Å². The summed E-state index contributed by atoms with van der Waals surface area (Å²) < 4.78 is 0. The lowest BCUT2D eigenvalue weighted by Crippen LogP contribution is -2.36. The number of carbonyl (C=O) groups excluding carboxylic acids is 3. The van der Waals surface area contributed by atoms with Gasteiger partial charge < -0.3 is 46.2 Å². The normalized spacial score (nSPS) is 10.6. The SMILES string of the molecule is O=C(NCCCN(CCCNC(=O)c1cccc(O)c1O)C(=O)c1cccc(O)c1O)c1cccc(O)c1O. The lowest BCUT2D eigenvalue weighted by atomic mass is 10.1. The van der Waals surface area contributed by atoms with Crippen LogP contribution in [0.5, 0.6) is 34.5 Å². The van der Waals surface area contributed by atoms with Gasteiger partial charge in [-0.05, 0) is 49.2 Å². The Kier molecular flexibility index (Phi) is 9.41. The summed E-state index contributed by atoms with van der Waals surface area (Å²) >= 11 is 0. The highest BCUT2D eigenvalue weighted by atomic mass is 16.3. The zero-order valence-electron chi connectivity index (χ0n) is 20.8. The summed E-state index contributed by atoms with van der Waals surface area (Å²) in [5.41, 5.74) is -0.348. The molecule has 8 N–H and O–H groups in total. The molecule has 0 aliphatic rings. The number of hydrogen-bond acceptors (Lipinski definition) is 9. The molecule has 12 heteroatoms. The molecule has 0 unspecified atom stereocenters. The number of phenols is 6. The number of phenolic OH excluding ortho intramolecular Hbond substituents is 6. The van der Waals surface area contributed by atoms with Gasteiger partial charge in [0.05, 0.1) is 16.7 Å². The Morgan fingerprint density at radius 1 is 0.564 bits per heavy atom. The van der Waals surface area contributed by atoms with Crippen LogP contribution in [0.3, 0.4) is 0 Å². The first-order chi connectivity index (χ1) is 18.6. The van der Waals surface area contributed by atoms with Gasteiger partial charge in [0.1, 0.15) is 0 Å². The van der Waals surface area contributed by atoms with Gasteiger partial charge in [-0.15, -0.1) is 0 Å². The third-order valence-electron chi connectivity index (χ3n) is 5.83. The lowest BCUT2D eigenvalue weighted by molar-refractivity contribution is 0.0747. The molecule has 0 aliphatic carbocycles. The van der Waals surface area contributed by atoms with Crippen LogP contribution in [0.15, 0.2) is 54.6 Å². The molecule has 0 saturated carbocycles. The predicted molar refractivity (Wildman–Crippen MR) is 139 cm³/mol. The Labute approximate surface area is 223 Å². The van der Waals surface area contributed by atoms with Crippen molar-refractivity contribution in [3.05, 3.63) is 71.3 Å². The zero-order chi connectivity index (χ0) is 28.5. The highest BCUT2D eigenvalue weighted by molar-refractivity contribution is 5.99. The quantitative estimate of drug-likeness (QED) is 0.133. The Morgan fingerprint density at radius 2 is 0.923 bits per heavy atom. The topological polar surface area (TPSA) is 200 Å². The summed E-state index contributed by atoms with van der Waals surface area (Å²) in [6, 6.07) is 12.0. The average molecular weight is 540 g/mol. The maximum atomic E-state index is 13.1. The van der Waals surface area contributed by atoms with Crippen LogP contribution in [-0.4, -0.2) is 79.4 Å². The van der Waals surface area contributed by atoms with Gasteiger partial charge in [0.15, 0.2) is 34.5 Å². The molecule has 0 fully saturated rings. The number of carbonyl (C=O) groups is 3. The van der Waals surface area contributed by atoms with Crippen molar-refractivity contribution in [3.8, 4) is 34.5 Å². The van der Waals surface area contributed by atoms with E-state index in [0.29, 0.717) is 0 Å². The summed E-state index contributed by atoms with van der Waals surface area (Å²) in [6.45, 7) is 0.470. The fourth-order valence-corrected chi connectivity index (χ4v) is 3.75. The average Bonchev–Trinajstić information content (AvgIpc) is 2.91. The van der Waals surface area contributed by atoms with E-state index in [9.17, 15) is 45.0 Å². The van der Waals surface area contributed by atoms with Crippen molar-refractivity contribution in [3.63, 3.8) is 0 Å². The molecule has 12 nitrogen and oxygen atoms in total. The second-order valence-corrected chi connectivity index (χ2v) is 8.53. The molecule has 0 saturated heterocycles. The van der Waals surface area contributed by atoms with Gasteiger partial charge in [-0.3, -0.25) is 14.4 Å². The van der Waals surface area contributed by atoms with Crippen molar-refractivity contribution in [1.29, 1.82) is 0 Å². The van der Waals surface area contributed by atoms with Gasteiger partial charge in [-0.2, -0.15) is 0 Å². The highest BCUT2D eigenvalue weighted by Gasteiger charge is 2.21. The summed E-state index contributed by atoms with van der Waals surface area (Å²) in [5, 5.41) is 64.0. The van der Waals surface area contributed by atoms with Crippen LogP contribution >= 0.6 is 0 Å². The smallest absolute Gasteiger partial charge is 0.257 e. The summed E-state index contributed by atoms with van der Waals surface area (Å²) in [6.07, 6.45) is 0.556. The van der Waals surface area contributed by atoms with Crippen LogP contribution in [0, 0.1) is 0 Å². The van der Waals surface area contributed by atoms with Gasteiger partial charge >= 0.3 is 0 Å². The molecular formula is C27H29N3O9. The minimum atomic E-state index is -0.621. The molecule has 0 heterocycles. The van der Waals surface area contributed by atoms with E-state index in [1.54, 1.807) is 0 Å². The summed E-state index contributed by atoms with van der Waals surface area (Å²) in [7, 11) is 0. The molecule has 0 atom stereocenters. The van der Waals surface area contributed by atoms with E-state index in [4.69, 9.17) is 0 Å². The van der Waals surface area contributed by atoms with Gasteiger partial charge in [0.25, 0.3) is 17.7 Å². The monoisotopic (exact) mass is 539 g/mol. The third kappa shape index (κ3) is 7.01. The summed E-state index contributed by atoms with van der Waals surface area (Å²) in [4.78, 5) is 39.2. The first-order valence-electron chi connectivity index (χ1n) is 12.0. The molecule has 206 valence electrons. The molecule has 3 aromatic rings. The molecule has 3 amide bonds. The number of nitrogens with one attached hydrogen (secondary N) is 2. The number of para-hydroxylation sites is 3. The molecule has 0 radical (unpaired) electrons. The van der Waals surface area contributed by atoms with Crippen molar-refractivity contribution in [2.75, 3.05) is 26.2 Å². The highest BCUT2D eigenvalue weighted by Crippen LogP contribution is 2.30. The van der Waals surface area contributed by atoms with Crippen molar-refractivity contribution in [1.82, 2.24) is 15.5 Å². The maximum absolute atomic E-state index is 13.1. The second kappa shape index (κ2) is 12.9. The Hall–Kier alpha value is -5.13. The van der Waals surface area contributed by atoms with Crippen molar-refractivity contribution in [2.45, 2.75) is 12.8 Å². The fourth-order valence-electron chi connectivity index (χ4n) is 3.75. The van der Waals surface area contributed by atoms with E-state index in [0.717, 1.165) is 0 Å². The van der Waals surface area contributed by atoms with Crippen LogP contribution < -0.4 is 10.6 Å². The standard InChI is InChI=1S/C27H29N3O9/c31-19-9-1-6-16(22(19)34)25(37)28-12-4-14-30(27(39)18-8-3-11-21(33)24(18)36)15-5-13-29-26(38)17-7-2-10-20(32)23(17)35/h1-3,6-11,31-36H,4-5,12-15H2,(H,28,37)(H,29,38). The van der Waals surface area contributed by atoms with E-state index in [-0.39, 0.29) is 55.7 Å². The molecule has 39 heavy (non-hydrogen) atoms. The number of hydrogen-bond donors (Lipinski definition) is 8. The Morgan fingerprint density at radius 3 is 1.33 bits per heavy atom. The van der Waals surface area contributed by atoms with Crippen molar-refractivity contribution < 1.29 is 45.0 Å². The fraction of sp³-hybridized carbons (Fsp3) is 0.222. The van der Waals surface area contributed by atoms with Gasteiger partial charge in [0.2, 0.25) is 0 Å². The largest absolute Gasteiger partial charge is 0.504 e. The van der Waals surface area contributed by atoms with Crippen LogP contribution in [0.1, 0.15) is 43.9 Å². The Balaban J connectivity index is 1.60. The van der Waals surface area contributed by atoms with E-state index in [2.05, 4.69) is 10.6 Å². The number of nitrogens with zero attached hydrogens (tertiary/aromatic N) is 1. The Bertz CT molecular complexity index is 1290. The summed E-state index contributed by atoms with van der Waals surface area (Å²) in [5.74, 6) is -4.83. The molecule has 3 aromatic carbocycles. The number of amides is 3. The maximum Gasteiger partial charge on any atom is 0.257 e. The first-order valence-corrected chi connectivity index (χ1v) is 12.0. The van der Waals surface area contributed by atoms with Gasteiger partial charge in [-0.25, -0.2) is 0 Å². The first kappa shape index (κ1) is 28.4. The predicted octanol–water partition coefficient (Wildman–Crippen LogP) is 2.00. The molecule has 0 spiro atoms. The second-order valence-electron chi connectivity index (χ2n) is 8.53. The molecule has 0 bridgehead atoms. The van der Waals surface area contributed by atoms with Crippen LogP contribution in [0.2, 0.25) is 0 Å². The lowest BCUT2D eigenvalue weighted by Gasteiger charge is -2.23. The van der Waals surface area contributed by atoms with Gasteiger partial charge in [-0.1, -0.05) is 18.2 Å². The minimum absolute atomic E-state index is 0.108. The van der Waals surface area contributed by atoms with E-state index in [1.807, 2.05) is 0 Å². The van der Waals surface area contributed by atoms with E-state index >= 15 is 0 Å². The number of rotatable bonds is 11. The van der Waals surface area contributed by atoms with Crippen molar-refractivity contribution in [2.24, 2.45) is 0 Å². The minimum Gasteiger partial charge on any atom is -0.504 e. The molecule has 0 aromatic heterocycles. The van der Waals surface area contributed by atoms with Crippen molar-refractivity contribution >= 4 is 17.7 Å². The van der Waals surface area contributed by atoms with Crippen LogP contribution in [0.4, 0.5) is 0 Å². The molecular weight excluding hydrogens is 510 g/mol. The van der Waals surface area contributed by atoms with E-state index < -0.39 is 52.2 Å². The zero-order valence-corrected chi connectivity index (χ0v) is 20.8. The molecule has 3 rings (SSSR count). The number of benzene rings is 3.